The molecule has 5 nitrogen and oxygen atoms in total. The lowest BCUT2D eigenvalue weighted by molar-refractivity contribution is 0.180. The summed E-state index contributed by atoms with van der Waals surface area (Å²) >= 11 is 0. The molecule has 0 heterocycles. The highest BCUT2D eigenvalue weighted by Gasteiger charge is 2.19. The van der Waals surface area contributed by atoms with Crippen LogP contribution < -0.4 is 14.4 Å². The van der Waals surface area contributed by atoms with Crippen LogP contribution in [0.3, 0.4) is 0 Å². The molecule has 31 heavy (non-hydrogen) atoms. The summed E-state index contributed by atoms with van der Waals surface area (Å²) in [5.41, 5.74) is 1.87. The van der Waals surface area contributed by atoms with Gasteiger partial charge >= 0.3 is 0 Å². The number of methoxy groups -OCH3 is 2. The number of aliphatic hydroxyl groups excluding tert-OH is 1. The van der Waals surface area contributed by atoms with Gasteiger partial charge in [0.2, 0.25) is 0 Å². The predicted molar refractivity (Wildman–Crippen MR) is 129 cm³/mol. The maximum atomic E-state index is 11.0. The number of hydrogen-bond acceptors (Lipinski definition) is 5. The second-order valence-corrected chi connectivity index (χ2v) is 7.96. The van der Waals surface area contributed by atoms with E-state index in [1.165, 1.54) is 25.7 Å². The number of anilines is 1. The fourth-order valence-electron chi connectivity index (χ4n) is 3.70. The Morgan fingerprint density at radius 2 is 1.52 bits per heavy atom. The van der Waals surface area contributed by atoms with Crippen LogP contribution in [0, 0.1) is 0 Å². The summed E-state index contributed by atoms with van der Waals surface area (Å²) in [5.74, 6) is 1.57. The maximum absolute atomic E-state index is 11.0. The first-order chi connectivity index (χ1) is 15.1. The molecule has 2 rings (SSSR count). The van der Waals surface area contributed by atoms with E-state index in [4.69, 9.17) is 9.47 Å². The van der Waals surface area contributed by atoms with Crippen LogP contribution in [0.4, 0.5) is 5.69 Å². The van der Waals surface area contributed by atoms with Gasteiger partial charge in [-0.25, -0.2) is 0 Å². The predicted octanol–water partition coefficient (Wildman–Crippen LogP) is 5.15. The van der Waals surface area contributed by atoms with Crippen LogP contribution in [0.15, 0.2) is 48.5 Å². The van der Waals surface area contributed by atoms with Crippen molar-refractivity contribution in [1.82, 2.24) is 4.90 Å². The first-order valence-electron chi connectivity index (χ1n) is 11.5. The summed E-state index contributed by atoms with van der Waals surface area (Å²) in [5, 5.41) is 11.0. The highest BCUT2D eigenvalue weighted by molar-refractivity contribution is 5.62. The Labute approximate surface area is 188 Å². The highest BCUT2D eigenvalue weighted by atomic mass is 16.5. The van der Waals surface area contributed by atoms with Crippen molar-refractivity contribution >= 4 is 5.69 Å². The number of hydrogen-bond donors (Lipinski definition) is 1. The quantitative estimate of drug-likeness (QED) is 0.425. The van der Waals surface area contributed by atoms with Crippen LogP contribution in [0.5, 0.6) is 11.5 Å². The molecule has 1 atom stereocenters. The van der Waals surface area contributed by atoms with Crippen molar-refractivity contribution in [3.8, 4) is 11.5 Å². The summed E-state index contributed by atoms with van der Waals surface area (Å²) in [6.07, 6.45) is 4.22. The van der Waals surface area contributed by atoms with Gasteiger partial charge in [0.25, 0.3) is 0 Å². The summed E-state index contributed by atoms with van der Waals surface area (Å²) in [7, 11) is 3.36. The number of unbranched alkanes of at least 4 members (excludes halogenated alkanes) is 2. The average molecular weight is 429 g/mol. The largest absolute Gasteiger partial charge is 0.497 e. The normalized spacial score (nSPS) is 12.1. The van der Waals surface area contributed by atoms with E-state index in [-0.39, 0.29) is 0 Å². The lowest BCUT2D eigenvalue weighted by Gasteiger charge is -2.32. The lowest BCUT2D eigenvalue weighted by atomic mass is 10.1. The van der Waals surface area contributed by atoms with E-state index in [2.05, 4.69) is 23.6 Å². The third-order valence-corrected chi connectivity index (χ3v) is 5.65. The molecular weight excluding hydrogens is 388 g/mol. The number of aliphatic hydroxyl groups is 1. The summed E-state index contributed by atoms with van der Waals surface area (Å²) in [6.45, 7) is 8.94. The summed E-state index contributed by atoms with van der Waals surface area (Å²) in [6, 6.07) is 15.7. The molecule has 0 fully saturated rings. The first kappa shape index (κ1) is 25.0. The van der Waals surface area contributed by atoms with E-state index in [0.29, 0.717) is 6.54 Å². The SMILES string of the molecule is CCCCN(CCCC)CCN(CC(O)c1ccccc1)c1cc(OC)ccc1OC. The number of ether oxygens (including phenoxy) is 2. The smallest absolute Gasteiger partial charge is 0.142 e. The maximum Gasteiger partial charge on any atom is 0.142 e. The van der Waals surface area contributed by atoms with E-state index in [9.17, 15) is 5.11 Å². The van der Waals surface area contributed by atoms with E-state index < -0.39 is 6.10 Å². The fourth-order valence-corrected chi connectivity index (χ4v) is 3.70. The molecule has 0 bridgehead atoms. The van der Waals surface area contributed by atoms with Crippen molar-refractivity contribution in [3.05, 3.63) is 54.1 Å². The minimum atomic E-state index is -0.586. The molecule has 1 unspecified atom stereocenters. The topological polar surface area (TPSA) is 45.2 Å². The van der Waals surface area contributed by atoms with Gasteiger partial charge in [-0.15, -0.1) is 0 Å². The van der Waals surface area contributed by atoms with Gasteiger partial charge in [-0.1, -0.05) is 57.0 Å². The highest BCUT2D eigenvalue weighted by Crippen LogP contribution is 2.33. The Kier molecular flexibility index (Phi) is 11.3. The zero-order chi connectivity index (χ0) is 22.5. The molecule has 172 valence electrons. The van der Waals surface area contributed by atoms with Crippen molar-refractivity contribution < 1.29 is 14.6 Å². The minimum absolute atomic E-state index is 0.489. The van der Waals surface area contributed by atoms with Crippen LogP contribution in [0.25, 0.3) is 0 Å². The van der Waals surface area contributed by atoms with Crippen molar-refractivity contribution in [2.75, 3.05) is 51.8 Å². The van der Waals surface area contributed by atoms with Gasteiger partial charge in [0.05, 0.1) is 26.0 Å². The molecule has 0 spiro atoms. The molecule has 2 aromatic carbocycles. The van der Waals surface area contributed by atoms with Gasteiger partial charge in [-0.2, -0.15) is 0 Å². The molecular formula is C26H40N2O3. The Morgan fingerprint density at radius 1 is 0.839 bits per heavy atom. The molecule has 0 radical (unpaired) electrons. The van der Waals surface area contributed by atoms with Crippen LogP contribution in [-0.2, 0) is 0 Å². The standard InChI is InChI=1S/C26H40N2O3/c1-5-7-16-27(17-8-6-2)18-19-28(21-25(29)22-12-10-9-11-13-22)24-20-23(30-3)14-15-26(24)31-4/h9-15,20,25,29H,5-8,16-19,21H2,1-4H3. The van der Waals surface area contributed by atoms with E-state index in [0.717, 1.165) is 48.9 Å². The Bertz CT molecular complexity index is 731. The van der Waals surface area contributed by atoms with Gasteiger partial charge in [0, 0.05) is 25.7 Å². The lowest BCUT2D eigenvalue weighted by Crippen LogP contribution is -2.38. The van der Waals surface area contributed by atoms with Crippen molar-refractivity contribution in [1.29, 1.82) is 0 Å². The van der Waals surface area contributed by atoms with Crippen LogP contribution in [-0.4, -0.2) is 56.9 Å². The van der Waals surface area contributed by atoms with E-state index in [1.54, 1.807) is 14.2 Å². The van der Waals surface area contributed by atoms with Gasteiger partial charge in [0.1, 0.15) is 11.5 Å². The van der Waals surface area contributed by atoms with Crippen LogP contribution in [0.1, 0.15) is 51.2 Å². The molecule has 0 aliphatic carbocycles. The van der Waals surface area contributed by atoms with E-state index >= 15 is 0 Å². The molecule has 0 aliphatic heterocycles. The molecule has 0 saturated heterocycles. The number of rotatable bonds is 15. The molecule has 5 heteroatoms. The zero-order valence-electron chi connectivity index (χ0n) is 19.7. The van der Waals surface area contributed by atoms with Crippen LogP contribution >= 0.6 is 0 Å². The Balaban J connectivity index is 2.24. The molecule has 0 aromatic heterocycles. The first-order valence-corrected chi connectivity index (χ1v) is 11.5. The molecule has 0 saturated carbocycles. The van der Waals surface area contributed by atoms with Gasteiger partial charge < -0.3 is 24.4 Å². The van der Waals surface area contributed by atoms with Gasteiger partial charge in [0.15, 0.2) is 0 Å². The fraction of sp³-hybridized carbons (Fsp3) is 0.538. The second kappa shape index (κ2) is 13.9. The molecule has 0 aliphatic rings. The second-order valence-electron chi connectivity index (χ2n) is 7.96. The Hall–Kier alpha value is -2.24. The minimum Gasteiger partial charge on any atom is -0.497 e. The third kappa shape index (κ3) is 8.08. The Morgan fingerprint density at radius 3 is 2.10 bits per heavy atom. The molecule has 0 amide bonds. The van der Waals surface area contributed by atoms with Crippen molar-refractivity contribution in [2.45, 2.75) is 45.6 Å². The van der Waals surface area contributed by atoms with Crippen LogP contribution in [0.2, 0.25) is 0 Å². The molecule has 1 N–H and O–H groups in total. The van der Waals surface area contributed by atoms with Gasteiger partial charge in [-0.05, 0) is 43.6 Å². The monoisotopic (exact) mass is 428 g/mol. The summed E-state index contributed by atoms with van der Waals surface area (Å²) in [4.78, 5) is 4.77. The summed E-state index contributed by atoms with van der Waals surface area (Å²) < 4.78 is 11.1. The average Bonchev–Trinajstić information content (AvgIpc) is 2.82. The molecule has 2 aromatic rings. The van der Waals surface area contributed by atoms with Crippen molar-refractivity contribution in [2.24, 2.45) is 0 Å². The van der Waals surface area contributed by atoms with Gasteiger partial charge in [-0.3, -0.25) is 0 Å². The number of nitrogens with zero attached hydrogens (tertiary/aromatic N) is 2. The zero-order valence-corrected chi connectivity index (χ0v) is 19.7. The van der Waals surface area contributed by atoms with Crippen molar-refractivity contribution in [3.63, 3.8) is 0 Å². The van der Waals surface area contributed by atoms with E-state index in [1.807, 2.05) is 48.5 Å². The third-order valence-electron chi connectivity index (χ3n) is 5.65. The number of benzene rings is 2.